The number of nitro groups is 1. The molecule has 9 heteroatoms. The summed E-state index contributed by atoms with van der Waals surface area (Å²) in [5.74, 6) is -0.588. The lowest BCUT2D eigenvalue weighted by Gasteiger charge is -2.13. The van der Waals surface area contributed by atoms with Gasteiger partial charge < -0.3 is 10.1 Å². The summed E-state index contributed by atoms with van der Waals surface area (Å²) in [5.41, 5.74) is -1.10. The number of hydrogen-bond donors (Lipinski definition) is 1. The molecule has 0 spiro atoms. The van der Waals surface area contributed by atoms with Crippen LogP contribution >= 0.6 is 0 Å². The Bertz CT molecular complexity index is 806. The number of nitro benzene ring substituents is 1. The number of carbonyl (C=O) groups is 1. The van der Waals surface area contributed by atoms with Crippen LogP contribution in [0.25, 0.3) is 0 Å². The molecule has 0 saturated carbocycles. The predicted molar refractivity (Wildman–Crippen MR) is 83.4 cm³/mol. The first kappa shape index (κ1) is 18.2. The molecule has 2 rings (SSSR count). The molecule has 0 aliphatic heterocycles. The van der Waals surface area contributed by atoms with Gasteiger partial charge in [-0.3, -0.25) is 14.9 Å². The lowest BCUT2D eigenvalue weighted by atomic mass is 10.1. The van der Waals surface area contributed by atoms with Crippen LogP contribution in [0.1, 0.15) is 11.1 Å². The number of carbonyl (C=O) groups excluding carboxylic acids is 1. The Morgan fingerprint density at radius 1 is 1.24 bits per heavy atom. The van der Waals surface area contributed by atoms with Crippen molar-refractivity contribution < 1.29 is 27.6 Å². The first-order valence-electron chi connectivity index (χ1n) is 7.02. The summed E-state index contributed by atoms with van der Waals surface area (Å²) >= 11 is 0. The summed E-state index contributed by atoms with van der Waals surface area (Å²) in [4.78, 5) is 22.0. The van der Waals surface area contributed by atoms with Gasteiger partial charge in [-0.2, -0.15) is 13.2 Å². The third kappa shape index (κ3) is 4.69. The zero-order chi connectivity index (χ0) is 18.6. The van der Waals surface area contributed by atoms with Gasteiger partial charge in [0.1, 0.15) is 5.75 Å². The van der Waals surface area contributed by atoms with E-state index in [1.165, 1.54) is 37.3 Å². The number of anilines is 1. The van der Waals surface area contributed by atoms with E-state index in [-0.39, 0.29) is 17.1 Å². The van der Waals surface area contributed by atoms with Crippen molar-refractivity contribution in [2.45, 2.75) is 13.1 Å². The number of benzene rings is 2. The molecule has 2 aromatic carbocycles. The minimum atomic E-state index is -4.60. The Balaban J connectivity index is 2.03. The Kier molecular flexibility index (Phi) is 5.26. The first-order valence-corrected chi connectivity index (χ1v) is 7.02. The number of para-hydroxylation sites is 1. The second-order valence-corrected chi connectivity index (χ2v) is 5.09. The second kappa shape index (κ2) is 7.20. The van der Waals surface area contributed by atoms with Crippen LogP contribution in [0.3, 0.4) is 0 Å². The average Bonchev–Trinajstić information content (AvgIpc) is 2.52. The normalized spacial score (nSPS) is 11.0. The molecule has 0 saturated heterocycles. The number of aryl methyl sites for hydroxylation is 1. The molecule has 0 radical (unpaired) electrons. The van der Waals surface area contributed by atoms with Gasteiger partial charge in [-0.25, -0.2) is 0 Å². The van der Waals surface area contributed by atoms with E-state index in [9.17, 15) is 28.1 Å². The lowest BCUT2D eigenvalue weighted by Crippen LogP contribution is -2.22. The van der Waals surface area contributed by atoms with E-state index in [1.807, 2.05) is 0 Å². The zero-order valence-corrected chi connectivity index (χ0v) is 13.0. The highest BCUT2D eigenvalue weighted by atomic mass is 19.4. The van der Waals surface area contributed by atoms with Crippen LogP contribution in [0.15, 0.2) is 42.5 Å². The third-order valence-corrected chi connectivity index (χ3v) is 3.24. The van der Waals surface area contributed by atoms with E-state index < -0.39 is 29.2 Å². The van der Waals surface area contributed by atoms with Crippen molar-refractivity contribution in [1.29, 1.82) is 0 Å². The number of rotatable bonds is 5. The summed E-state index contributed by atoms with van der Waals surface area (Å²) < 4.78 is 43.7. The molecule has 1 amide bonds. The maximum Gasteiger partial charge on any atom is 0.418 e. The average molecular weight is 354 g/mol. The number of alkyl halides is 3. The summed E-state index contributed by atoms with van der Waals surface area (Å²) in [6, 6.07) is 8.48. The molecule has 2 aromatic rings. The molecule has 1 N–H and O–H groups in total. The fourth-order valence-corrected chi connectivity index (χ4v) is 2.10. The van der Waals surface area contributed by atoms with Gasteiger partial charge in [-0.1, -0.05) is 12.1 Å². The molecular weight excluding hydrogens is 341 g/mol. The fraction of sp³-hybridized carbons (Fsp3) is 0.188. The number of nitrogens with zero attached hydrogens (tertiary/aromatic N) is 1. The van der Waals surface area contributed by atoms with Gasteiger partial charge >= 0.3 is 6.18 Å². The largest absolute Gasteiger partial charge is 0.484 e. The van der Waals surface area contributed by atoms with E-state index in [0.29, 0.717) is 5.56 Å². The number of amides is 1. The summed E-state index contributed by atoms with van der Waals surface area (Å²) in [6.45, 7) is 0.966. The first-order chi connectivity index (χ1) is 11.7. The quantitative estimate of drug-likeness (QED) is 0.651. The minimum Gasteiger partial charge on any atom is -0.484 e. The van der Waals surface area contributed by atoms with Gasteiger partial charge in [0, 0.05) is 11.6 Å². The smallest absolute Gasteiger partial charge is 0.418 e. The molecule has 0 aliphatic rings. The van der Waals surface area contributed by atoms with Crippen LogP contribution in [-0.2, 0) is 11.0 Å². The van der Waals surface area contributed by atoms with Crippen molar-refractivity contribution in [3.05, 3.63) is 63.7 Å². The van der Waals surface area contributed by atoms with Crippen LogP contribution < -0.4 is 10.1 Å². The maximum absolute atomic E-state index is 12.9. The van der Waals surface area contributed by atoms with E-state index in [1.54, 1.807) is 0 Å². The Labute approximate surface area is 140 Å². The standard InChI is InChI=1S/C16H13F3N2O4/c1-10-8-11(6-7-14(10)21(23)24)25-9-15(22)20-13-5-3-2-4-12(13)16(17,18)19/h2-8H,9H2,1H3,(H,20,22). The van der Waals surface area contributed by atoms with Crippen LogP contribution in [0.4, 0.5) is 24.5 Å². The SMILES string of the molecule is Cc1cc(OCC(=O)Nc2ccccc2C(F)(F)F)ccc1[N+](=O)[O-]. The van der Waals surface area contributed by atoms with Gasteiger partial charge in [0.05, 0.1) is 16.2 Å². The fourth-order valence-electron chi connectivity index (χ4n) is 2.10. The molecule has 0 unspecified atom stereocenters. The van der Waals surface area contributed by atoms with Crippen LogP contribution in [0.2, 0.25) is 0 Å². The molecule has 0 heterocycles. The Morgan fingerprint density at radius 2 is 1.92 bits per heavy atom. The van der Waals surface area contributed by atoms with E-state index in [2.05, 4.69) is 5.32 Å². The van der Waals surface area contributed by atoms with Gasteiger partial charge in [-0.15, -0.1) is 0 Å². The van der Waals surface area contributed by atoms with E-state index in [4.69, 9.17) is 4.74 Å². The van der Waals surface area contributed by atoms with Crippen LogP contribution in [0.5, 0.6) is 5.75 Å². The molecule has 6 nitrogen and oxygen atoms in total. The molecule has 0 bridgehead atoms. The number of halogens is 3. The number of ether oxygens (including phenoxy) is 1. The number of nitrogens with one attached hydrogen (secondary N) is 1. The second-order valence-electron chi connectivity index (χ2n) is 5.09. The van der Waals surface area contributed by atoms with Crippen LogP contribution in [-0.4, -0.2) is 17.4 Å². The zero-order valence-electron chi connectivity index (χ0n) is 13.0. The number of hydrogen-bond acceptors (Lipinski definition) is 4. The lowest BCUT2D eigenvalue weighted by molar-refractivity contribution is -0.385. The highest BCUT2D eigenvalue weighted by Gasteiger charge is 2.33. The van der Waals surface area contributed by atoms with Gasteiger partial charge in [-0.05, 0) is 31.2 Å². The molecule has 25 heavy (non-hydrogen) atoms. The van der Waals surface area contributed by atoms with E-state index in [0.717, 1.165) is 12.1 Å². The highest BCUT2D eigenvalue weighted by Crippen LogP contribution is 2.34. The van der Waals surface area contributed by atoms with Crippen molar-refractivity contribution in [2.24, 2.45) is 0 Å². The Hall–Kier alpha value is -3.10. The van der Waals surface area contributed by atoms with Crippen molar-refractivity contribution in [1.82, 2.24) is 0 Å². The van der Waals surface area contributed by atoms with E-state index >= 15 is 0 Å². The molecule has 0 fully saturated rings. The van der Waals surface area contributed by atoms with Gasteiger partial charge in [0.25, 0.3) is 11.6 Å². The minimum absolute atomic E-state index is 0.101. The van der Waals surface area contributed by atoms with Crippen molar-refractivity contribution in [2.75, 3.05) is 11.9 Å². The monoisotopic (exact) mass is 354 g/mol. The summed E-state index contributed by atoms with van der Waals surface area (Å²) in [5, 5.41) is 12.9. The van der Waals surface area contributed by atoms with Gasteiger partial charge in [0.2, 0.25) is 0 Å². The molecule has 132 valence electrons. The molecule has 0 atom stereocenters. The third-order valence-electron chi connectivity index (χ3n) is 3.24. The topological polar surface area (TPSA) is 81.5 Å². The molecule has 0 aliphatic carbocycles. The highest BCUT2D eigenvalue weighted by molar-refractivity contribution is 5.92. The maximum atomic E-state index is 12.9. The molecule has 0 aromatic heterocycles. The Morgan fingerprint density at radius 3 is 2.52 bits per heavy atom. The molecular formula is C16H13F3N2O4. The van der Waals surface area contributed by atoms with Crippen molar-refractivity contribution in [3.8, 4) is 5.75 Å². The van der Waals surface area contributed by atoms with Crippen molar-refractivity contribution in [3.63, 3.8) is 0 Å². The van der Waals surface area contributed by atoms with Crippen LogP contribution in [0, 0.1) is 17.0 Å². The summed E-state index contributed by atoms with van der Waals surface area (Å²) in [6.07, 6.45) is -4.60. The summed E-state index contributed by atoms with van der Waals surface area (Å²) in [7, 11) is 0. The van der Waals surface area contributed by atoms with Gasteiger partial charge in [0.15, 0.2) is 6.61 Å². The van der Waals surface area contributed by atoms with Crippen molar-refractivity contribution >= 4 is 17.3 Å². The predicted octanol–water partition coefficient (Wildman–Crippen LogP) is 3.94.